The first-order valence-electron chi connectivity index (χ1n) is 16.7. The molecule has 0 aromatic heterocycles. The summed E-state index contributed by atoms with van der Waals surface area (Å²) in [7, 11) is 0. The van der Waals surface area contributed by atoms with Crippen LogP contribution in [0.5, 0.6) is 0 Å². The predicted molar refractivity (Wildman–Crippen MR) is 162 cm³/mol. The molecule has 1 aliphatic heterocycles. The fourth-order valence-corrected chi connectivity index (χ4v) is 7.69. The minimum Gasteiger partial charge on any atom is -0.356 e. The SMILES string of the molecule is CC1NC(CCCCNC(=O)Cc2ccc(CC3CCCCCCC3)cc2)C(=O)C1C1CCCCCCCC1. The molecule has 2 aliphatic carbocycles. The molecule has 1 aromatic carbocycles. The van der Waals surface area contributed by atoms with Crippen molar-refractivity contribution < 1.29 is 9.59 Å². The number of rotatable bonds is 10. The molecule has 3 unspecified atom stereocenters. The molecule has 1 heterocycles. The standard InChI is InChI=1S/C35H56N2O2/c1-27-34(31-17-11-7-2-3-8-12-18-31)35(39)32(37-27)19-13-14-24-36-33(38)26-30-22-20-29(21-23-30)25-28-15-9-5-4-6-10-16-28/h20-23,27-28,31-32,34,37H,2-19,24-26H2,1H3,(H,36,38). The van der Waals surface area contributed by atoms with E-state index in [1.807, 2.05) is 0 Å². The van der Waals surface area contributed by atoms with Gasteiger partial charge in [0, 0.05) is 18.5 Å². The Morgan fingerprint density at radius 3 is 2.00 bits per heavy atom. The van der Waals surface area contributed by atoms with Gasteiger partial charge in [0.1, 0.15) is 0 Å². The fraction of sp³-hybridized carbons (Fsp3) is 0.771. The van der Waals surface area contributed by atoms with Gasteiger partial charge >= 0.3 is 0 Å². The lowest BCUT2D eigenvalue weighted by Crippen LogP contribution is -2.31. The van der Waals surface area contributed by atoms with Crippen LogP contribution in [0.1, 0.15) is 134 Å². The van der Waals surface area contributed by atoms with Gasteiger partial charge in [-0.05, 0) is 68.4 Å². The van der Waals surface area contributed by atoms with Gasteiger partial charge in [-0.2, -0.15) is 0 Å². The zero-order valence-corrected chi connectivity index (χ0v) is 24.9. The number of hydrogen-bond acceptors (Lipinski definition) is 3. The molecular formula is C35H56N2O2. The number of unbranched alkanes of at least 4 members (excludes halogenated alkanes) is 1. The smallest absolute Gasteiger partial charge is 0.224 e. The van der Waals surface area contributed by atoms with Crippen molar-refractivity contribution in [2.24, 2.45) is 17.8 Å². The van der Waals surface area contributed by atoms with Crippen molar-refractivity contribution in [1.82, 2.24) is 10.6 Å². The third-order valence-electron chi connectivity index (χ3n) is 9.96. The summed E-state index contributed by atoms with van der Waals surface area (Å²) >= 11 is 0. The van der Waals surface area contributed by atoms with Crippen LogP contribution in [0, 0.1) is 17.8 Å². The first-order valence-corrected chi connectivity index (χ1v) is 16.7. The van der Waals surface area contributed by atoms with Gasteiger partial charge in [0.2, 0.25) is 5.91 Å². The van der Waals surface area contributed by atoms with E-state index >= 15 is 0 Å². The second-order valence-electron chi connectivity index (χ2n) is 13.1. The maximum atomic E-state index is 13.3. The van der Waals surface area contributed by atoms with E-state index in [-0.39, 0.29) is 17.9 Å². The van der Waals surface area contributed by atoms with Crippen LogP contribution in [0.15, 0.2) is 24.3 Å². The van der Waals surface area contributed by atoms with E-state index in [2.05, 4.69) is 41.8 Å². The fourth-order valence-electron chi connectivity index (χ4n) is 7.69. The van der Waals surface area contributed by atoms with Crippen molar-refractivity contribution in [2.45, 2.75) is 147 Å². The highest BCUT2D eigenvalue weighted by atomic mass is 16.1. The van der Waals surface area contributed by atoms with Gasteiger partial charge in [-0.1, -0.05) is 108 Å². The minimum absolute atomic E-state index is 0.00859. The second-order valence-corrected chi connectivity index (χ2v) is 13.1. The molecule has 1 saturated heterocycles. The average Bonchev–Trinajstić information content (AvgIpc) is 3.26. The Bertz CT molecular complexity index is 848. The molecule has 2 N–H and O–H groups in total. The van der Waals surface area contributed by atoms with Crippen LogP contribution in [0.2, 0.25) is 0 Å². The molecule has 0 bridgehead atoms. The molecule has 1 aromatic rings. The van der Waals surface area contributed by atoms with Gasteiger partial charge in [-0.3, -0.25) is 9.59 Å². The number of amides is 1. The summed E-state index contributed by atoms with van der Waals surface area (Å²) in [6, 6.07) is 9.07. The summed E-state index contributed by atoms with van der Waals surface area (Å²) < 4.78 is 0. The number of carbonyl (C=O) groups is 2. The summed E-state index contributed by atoms with van der Waals surface area (Å²) in [5, 5.41) is 6.74. The Kier molecular flexibility index (Phi) is 12.9. The quantitative estimate of drug-likeness (QED) is 0.301. The van der Waals surface area contributed by atoms with Crippen molar-refractivity contribution in [1.29, 1.82) is 0 Å². The van der Waals surface area contributed by atoms with E-state index in [0.29, 0.717) is 30.7 Å². The van der Waals surface area contributed by atoms with Gasteiger partial charge in [-0.15, -0.1) is 0 Å². The molecule has 4 nitrogen and oxygen atoms in total. The Hall–Kier alpha value is -1.68. The summed E-state index contributed by atoms with van der Waals surface area (Å²) in [5.41, 5.74) is 2.51. The van der Waals surface area contributed by atoms with E-state index < -0.39 is 0 Å². The average molecular weight is 537 g/mol. The second kappa shape index (κ2) is 16.6. The van der Waals surface area contributed by atoms with Crippen LogP contribution < -0.4 is 10.6 Å². The number of carbonyl (C=O) groups excluding carboxylic acids is 2. The number of ketones is 1. The summed E-state index contributed by atoms with van der Waals surface area (Å²) in [4.78, 5) is 25.8. The summed E-state index contributed by atoms with van der Waals surface area (Å²) in [5.74, 6) is 2.17. The predicted octanol–water partition coefficient (Wildman–Crippen LogP) is 7.71. The van der Waals surface area contributed by atoms with Crippen LogP contribution >= 0.6 is 0 Å². The van der Waals surface area contributed by atoms with E-state index in [1.165, 1.54) is 108 Å². The van der Waals surface area contributed by atoms with Gasteiger partial charge in [0.25, 0.3) is 0 Å². The maximum absolute atomic E-state index is 13.3. The highest BCUT2D eigenvalue weighted by Crippen LogP contribution is 2.35. The molecule has 0 radical (unpaired) electrons. The molecule has 3 aliphatic rings. The van der Waals surface area contributed by atoms with Gasteiger partial charge in [0.05, 0.1) is 12.5 Å². The first-order chi connectivity index (χ1) is 19.1. The van der Waals surface area contributed by atoms with Crippen LogP contribution in [0.4, 0.5) is 0 Å². The monoisotopic (exact) mass is 536 g/mol. The molecule has 2 saturated carbocycles. The lowest BCUT2D eigenvalue weighted by Gasteiger charge is -2.25. The van der Waals surface area contributed by atoms with Gasteiger partial charge < -0.3 is 10.6 Å². The van der Waals surface area contributed by atoms with Crippen LogP contribution in [-0.2, 0) is 22.4 Å². The van der Waals surface area contributed by atoms with E-state index in [9.17, 15) is 9.59 Å². The highest BCUT2D eigenvalue weighted by molar-refractivity contribution is 5.89. The van der Waals surface area contributed by atoms with Gasteiger partial charge in [0.15, 0.2) is 5.78 Å². The van der Waals surface area contributed by atoms with E-state index in [0.717, 1.165) is 30.7 Å². The van der Waals surface area contributed by atoms with Crippen molar-refractivity contribution in [3.8, 4) is 0 Å². The normalized spacial score (nSPS) is 26.3. The lowest BCUT2D eigenvalue weighted by molar-refractivity contribution is -0.124. The van der Waals surface area contributed by atoms with Crippen LogP contribution in [0.3, 0.4) is 0 Å². The molecule has 3 atom stereocenters. The molecule has 4 rings (SSSR count). The molecule has 0 spiro atoms. The topological polar surface area (TPSA) is 58.2 Å². The zero-order valence-electron chi connectivity index (χ0n) is 24.9. The Balaban J connectivity index is 1.11. The maximum Gasteiger partial charge on any atom is 0.224 e. The molecule has 218 valence electrons. The molecule has 39 heavy (non-hydrogen) atoms. The summed E-state index contributed by atoms with van der Waals surface area (Å²) in [6.07, 6.45) is 24.6. The van der Waals surface area contributed by atoms with Crippen LogP contribution in [-0.4, -0.2) is 30.3 Å². The van der Waals surface area contributed by atoms with Crippen molar-refractivity contribution >= 4 is 11.7 Å². The molecular weight excluding hydrogens is 480 g/mol. The Morgan fingerprint density at radius 2 is 1.36 bits per heavy atom. The molecule has 3 fully saturated rings. The van der Waals surface area contributed by atoms with Gasteiger partial charge in [-0.25, -0.2) is 0 Å². The third-order valence-corrected chi connectivity index (χ3v) is 9.96. The Labute approximate surface area is 238 Å². The molecule has 1 amide bonds. The highest BCUT2D eigenvalue weighted by Gasteiger charge is 2.42. The first kappa shape index (κ1) is 30.3. The van der Waals surface area contributed by atoms with Crippen molar-refractivity contribution in [3.05, 3.63) is 35.4 Å². The largest absolute Gasteiger partial charge is 0.356 e. The van der Waals surface area contributed by atoms with Crippen molar-refractivity contribution in [3.63, 3.8) is 0 Å². The number of nitrogens with one attached hydrogen (secondary N) is 2. The third kappa shape index (κ3) is 10.0. The zero-order chi connectivity index (χ0) is 27.3. The van der Waals surface area contributed by atoms with Crippen molar-refractivity contribution in [2.75, 3.05) is 6.54 Å². The molecule has 4 heteroatoms. The minimum atomic E-state index is 0.00859. The number of hydrogen-bond donors (Lipinski definition) is 2. The Morgan fingerprint density at radius 1 is 0.795 bits per heavy atom. The van der Waals surface area contributed by atoms with E-state index in [1.54, 1.807) is 0 Å². The summed E-state index contributed by atoms with van der Waals surface area (Å²) in [6.45, 7) is 2.92. The van der Waals surface area contributed by atoms with E-state index in [4.69, 9.17) is 0 Å². The lowest BCUT2D eigenvalue weighted by atomic mass is 9.79. The van der Waals surface area contributed by atoms with Crippen LogP contribution in [0.25, 0.3) is 0 Å². The number of Topliss-reactive ketones (excluding diaryl/α,β-unsaturated/α-hetero) is 1. The number of benzene rings is 1.